The van der Waals surface area contributed by atoms with Gasteiger partial charge in [-0.25, -0.2) is 4.98 Å². The number of H-pyrrole nitrogens is 1. The summed E-state index contributed by atoms with van der Waals surface area (Å²) in [7, 11) is 0. The maximum absolute atomic E-state index is 12.9. The standard InChI is InChI=1S/C18H24N4O2/c1-4-16-12(2)10-15(17(23)20-16)18(24)22-8-5-6-14(22)11-21-9-7-19-13(21)3/h7,9-10,14H,4-6,8,11H2,1-3H3,(H,20,23). The zero-order chi connectivity index (χ0) is 17.3. The third kappa shape index (κ3) is 3.00. The highest BCUT2D eigenvalue weighted by Crippen LogP contribution is 2.21. The second kappa shape index (κ2) is 6.63. The summed E-state index contributed by atoms with van der Waals surface area (Å²) in [6.45, 7) is 7.30. The van der Waals surface area contributed by atoms with Crippen molar-refractivity contribution in [3.63, 3.8) is 0 Å². The van der Waals surface area contributed by atoms with Gasteiger partial charge < -0.3 is 14.5 Å². The number of carbonyl (C=O) groups is 1. The highest BCUT2D eigenvalue weighted by Gasteiger charge is 2.31. The van der Waals surface area contributed by atoms with E-state index < -0.39 is 0 Å². The van der Waals surface area contributed by atoms with Crippen molar-refractivity contribution in [1.82, 2.24) is 19.4 Å². The predicted molar refractivity (Wildman–Crippen MR) is 92.2 cm³/mol. The third-order valence-corrected chi connectivity index (χ3v) is 4.90. The summed E-state index contributed by atoms with van der Waals surface area (Å²) in [5.41, 5.74) is 1.82. The molecule has 1 unspecified atom stereocenters. The molecule has 6 heteroatoms. The summed E-state index contributed by atoms with van der Waals surface area (Å²) in [6, 6.07) is 1.84. The second-order valence-corrected chi connectivity index (χ2v) is 6.45. The van der Waals surface area contributed by atoms with Gasteiger partial charge in [-0.15, -0.1) is 0 Å². The molecule has 0 aliphatic carbocycles. The fraction of sp³-hybridized carbons (Fsp3) is 0.500. The van der Waals surface area contributed by atoms with Crippen LogP contribution < -0.4 is 5.56 Å². The zero-order valence-corrected chi connectivity index (χ0v) is 14.5. The number of carbonyl (C=O) groups excluding carboxylic acids is 1. The molecule has 0 bridgehead atoms. The minimum absolute atomic E-state index is 0.107. The molecule has 0 radical (unpaired) electrons. The van der Waals surface area contributed by atoms with E-state index in [2.05, 4.69) is 14.5 Å². The molecule has 1 N–H and O–H groups in total. The van der Waals surface area contributed by atoms with Crippen LogP contribution in [0, 0.1) is 13.8 Å². The Morgan fingerprint density at radius 3 is 2.88 bits per heavy atom. The number of hydrogen-bond acceptors (Lipinski definition) is 3. The molecule has 3 heterocycles. The molecule has 0 spiro atoms. The number of imidazole rings is 1. The van der Waals surface area contributed by atoms with E-state index in [0.717, 1.165) is 42.9 Å². The van der Waals surface area contributed by atoms with Crippen molar-refractivity contribution in [2.45, 2.75) is 52.6 Å². The van der Waals surface area contributed by atoms with E-state index in [9.17, 15) is 9.59 Å². The summed E-state index contributed by atoms with van der Waals surface area (Å²) in [5, 5.41) is 0. The maximum Gasteiger partial charge on any atom is 0.261 e. The van der Waals surface area contributed by atoms with E-state index in [1.54, 1.807) is 12.3 Å². The highest BCUT2D eigenvalue weighted by atomic mass is 16.2. The summed E-state index contributed by atoms with van der Waals surface area (Å²) in [6.07, 6.45) is 6.38. The van der Waals surface area contributed by atoms with Gasteiger partial charge in [0.1, 0.15) is 11.4 Å². The van der Waals surface area contributed by atoms with Crippen LogP contribution in [-0.2, 0) is 13.0 Å². The lowest BCUT2D eigenvalue weighted by Crippen LogP contribution is -2.40. The topological polar surface area (TPSA) is 71.0 Å². The van der Waals surface area contributed by atoms with Gasteiger partial charge in [0.2, 0.25) is 0 Å². The minimum Gasteiger partial charge on any atom is -0.334 e. The quantitative estimate of drug-likeness (QED) is 0.934. The van der Waals surface area contributed by atoms with Crippen LogP contribution in [0.15, 0.2) is 23.3 Å². The van der Waals surface area contributed by atoms with Crippen LogP contribution in [0.5, 0.6) is 0 Å². The van der Waals surface area contributed by atoms with Crippen LogP contribution in [-0.4, -0.2) is 37.9 Å². The number of likely N-dealkylation sites (tertiary alicyclic amines) is 1. The number of aromatic amines is 1. The number of hydrogen-bond donors (Lipinski definition) is 1. The van der Waals surface area contributed by atoms with Crippen LogP contribution >= 0.6 is 0 Å². The van der Waals surface area contributed by atoms with Crippen molar-refractivity contribution in [1.29, 1.82) is 0 Å². The molecule has 24 heavy (non-hydrogen) atoms. The first-order valence-electron chi connectivity index (χ1n) is 8.52. The Labute approximate surface area is 141 Å². The zero-order valence-electron chi connectivity index (χ0n) is 14.5. The van der Waals surface area contributed by atoms with Gasteiger partial charge in [0.25, 0.3) is 11.5 Å². The van der Waals surface area contributed by atoms with Crippen molar-refractivity contribution >= 4 is 5.91 Å². The predicted octanol–water partition coefficient (Wildman–Crippen LogP) is 2.06. The van der Waals surface area contributed by atoms with Gasteiger partial charge in [-0.3, -0.25) is 9.59 Å². The minimum atomic E-state index is -0.285. The fourth-order valence-electron chi connectivity index (χ4n) is 3.47. The Balaban J connectivity index is 1.85. The van der Waals surface area contributed by atoms with Crippen molar-refractivity contribution in [3.8, 4) is 0 Å². The van der Waals surface area contributed by atoms with Crippen molar-refractivity contribution in [2.75, 3.05) is 6.54 Å². The van der Waals surface area contributed by atoms with E-state index in [0.29, 0.717) is 6.54 Å². The lowest BCUT2D eigenvalue weighted by molar-refractivity contribution is 0.0721. The Hall–Kier alpha value is -2.37. The molecular weight excluding hydrogens is 304 g/mol. The Kier molecular flexibility index (Phi) is 4.55. The molecule has 1 saturated heterocycles. The first-order valence-corrected chi connectivity index (χ1v) is 8.52. The van der Waals surface area contributed by atoms with Gasteiger partial charge in [0, 0.05) is 31.2 Å². The van der Waals surface area contributed by atoms with Crippen LogP contribution in [0.2, 0.25) is 0 Å². The van der Waals surface area contributed by atoms with Crippen molar-refractivity contribution in [3.05, 3.63) is 51.5 Å². The summed E-state index contributed by atoms with van der Waals surface area (Å²) in [4.78, 5) is 34.2. The Bertz CT molecular complexity index is 806. The van der Waals surface area contributed by atoms with E-state index in [1.807, 2.05) is 31.9 Å². The second-order valence-electron chi connectivity index (χ2n) is 6.45. The Morgan fingerprint density at radius 2 is 2.21 bits per heavy atom. The van der Waals surface area contributed by atoms with Crippen LogP contribution in [0.1, 0.15) is 47.2 Å². The largest absolute Gasteiger partial charge is 0.334 e. The van der Waals surface area contributed by atoms with Crippen LogP contribution in [0.3, 0.4) is 0 Å². The van der Waals surface area contributed by atoms with Gasteiger partial charge in [0.05, 0.1) is 6.04 Å². The molecule has 6 nitrogen and oxygen atoms in total. The smallest absolute Gasteiger partial charge is 0.261 e. The molecule has 1 aliphatic heterocycles. The van der Waals surface area contributed by atoms with E-state index in [-0.39, 0.29) is 23.1 Å². The molecule has 2 aromatic rings. The van der Waals surface area contributed by atoms with Gasteiger partial charge in [0.15, 0.2) is 0 Å². The number of rotatable bonds is 4. The number of nitrogens with one attached hydrogen (secondary N) is 1. The number of aromatic nitrogens is 3. The molecule has 1 atom stereocenters. The highest BCUT2D eigenvalue weighted by molar-refractivity contribution is 5.94. The summed E-state index contributed by atoms with van der Waals surface area (Å²) in [5.74, 6) is 0.776. The van der Waals surface area contributed by atoms with E-state index >= 15 is 0 Å². The molecule has 0 aromatic carbocycles. The van der Waals surface area contributed by atoms with E-state index in [4.69, 9.17) is 0 Å². The number of amides is 1. The molecule has 1 amide bonds. The van der Waals surface area contributed by atoms with Crippen LogP contribution in [0.25, 0.3) is 0 Å². The number of pyridine rings is 1. The maximum atomic E-state index is 12.9. The average molecular weight is 328 g/mol. The number of nitrogens with zero attached hydrogens (tertiary/aromatic N) is 3. The SMILES string of the molecule is CCc1[nH]c(=O)c(C(=O)N2CCCC2Cn2ccnc2C)cc1C. The van der Waals surface area contributed by atoms with Gasteiger partial charge in [-0.05, 0) is 44.7 Å². The normalized spacial score (nSPS) is 17.5. The molecule has 0 saturated carbocycles. The first kappa shape index (κ1) is 16.5. The lowest BCUT2D eigenvalue weighted by Gasteiger charge is -2.25. The fourth-order valence-corrected chi connectivity index (χ4v) is 3.47. The van der Waals surface area contributed by atoms with Crippen LogP contribution in [0.4, 0.5) is 0 Å². The first-order chi connectivity index (χ1) is 11.5. The number of aryl methyl sites for hydroxylation is 3. The average Bonchev–Trinajstić information content (AvgIpc) is 3.18. The summed E-state index contributed by atoms with van der Waals surface area (Å²) < 4.78 is 2.06. The third-order valence-electron chi connectivity index (χ3n) is 4.90. The molecule has 3 rings (SSSR count). The lowest BCUT2D eigenvalue weighted by atomic mass is 10.1. The summed E-state index contributed by atoms with van der Waals surface area (Å²) >= 11 is 0. The molecule has 2 aromatic heterocycles. The van der Waals surface area contributed by atoms with Gasteiger partial charge in [-0.2, -0.15) is 0 Å². The van der Waals surface area contributed by atoms with E-state index in [1.165, 1.54) is 0 Å². The molecule has 1 fully saturated rings. The monoisotopic (exact) mass is 328 g/mol. The van der Waals surface area contributed by atoms with Crippen molar-refractivity contribution < 1.29 is 4.79 Å². The molecular formula is C18H24N4O2. The molecule has 128 valence electrons. The molecule has 1 aliphatic rings. The Morgan fingerprint density at radius 1 is 1.42 bits per heavy atom. The van der Waals surface area contributed by atoms with Gasteiger partial charge in [-0.1, -0.05) is 6.92 Å². The van der Waals surface area contributed by atoms with Crippen molar-refractivity contribution in [2.24, 2.45) is 0 Å². The van der Waals surface area contributed by atoms with Gasteiger partial charge >= 0.3 is 0 Å².